The number of rotatable bonds is 3. The third-order valence-corrected chi connectivity index (χ3v) is 8.47. The molecule has 8 aromatic carbocycles. The maximum Gasteiger partial charge on any atom is -0.00262 e. The predicted molar refractivity (Wildman–Crippen MR) is 178 cm³/mol. The zero-order valence-electron chi connectivity index (χ0n) is 22.9. The van der Waals surface area contributed by atoms with Crippen LogP contribution in [0.4, 0.5) is 0 Å². The second-order valence-corrected chi connectivity index (χ2v) is 11.0. The molecule has 192 valence electrons. The molecule has 0 radical (unpaired) electrons. The van der Waals surface area contributed by atoms with Crippen molar-refractivity contribution in [2.45, 2.75) is 6.92 Å². The molecular formula is C41H28. The molecule has 8 aromatic rings. The van der Waals surface area contributed by atoms with Crippen molar-refractivity contribution < 1.29 is 0 Å². The van der Waals surface area contributed by atoms with Crippen LogP contribution in [0.15, 0.2) is 152 Å². The van der Waals surface area contributed by atoms with Gasteiger partial charge < -0.3 is 0 Å². The summed E-state index contributed by atoms with van der Waals surface area (Å²) in [5.41, 5.74) is 8.86. The lowest BCUT2D eigenvalue weighted by Gasteiger charge is -2.18. The van der Waals surface area contributed by atoms with E-state index in [1.54, 1.807) is 0 Å². The van der Waals surface area contributed by atoms with Crippen LogP contribution in [0.5, 0.6) is 0 Å². The van der Waals surface area contributed by atoms with Crippen molar-refractivity contribution in [2.24, 2.45) is 0 Å². The van der Waals surface area contributed by atoms with Crippen LogP contribution in [0.1, 0.15) is 5.56 Å². The van der Waals surface area contributed by atoms with E-state index in [0.29, 0.717) is 0 Å². The van der Waals surface area contributed by atoms with E-state index >= 15 is 0 Å². The third-order valence-electron chi connectivity index (χ3n) is 8.47. The van der Waals surface area contributed by atoms with Gasteiger partial charge in [0.05, 0.1) is 0 Å². The Balaban J connectivity index is 1.32. The number of fused-ring (bicyclic) bond motifs is 4. The molecule has 0 aliphatic heterocycles. The van der Waals surface area contributed by atoms with E-state index in [2.05, 4.69) is 159 Å². The van der Waals surface area contributed by atoms with E-state index in [1.807, 2.05) is 0 Å². The lowest BCUT2D eigenvalue weighted by molar-refractivity contribution is 1.50. The summed E-state index contributed by atoms with van der Waals surface area (Å²) in [6, 6.07) is 55.8. The van der Waals surface area contributed by atoms with Gasteiger partial charge >= 0.3 is 0 Å². The summed E-state index contributed by atoms with van der Waals surface area (Å²) in [4.78, 5) is 0. The molecular weight excluding hydrogens is 492 g/mol. The molecule has 41 heavy (non-hydrogen) atoms. The standard InChI is InChI=1S/C41H28/c1-27-14-15-34-25-33(22-21-32(34)24-27)29-16-19-30(20-17-29)40-36-10-4-6-12-38(36)41(39-13-7-5-11-37(39)40)35-23-18-28-8-2-3-9-31(28)26-35/h2-26H,1H3. The lowest BCUT2D eigenvalue weighted by atomic mass is 9.85. The van der Waals surface area contributed by atoms with E-state index in [9.17, 15) is 0 Å². The summed E-state index contributed by atoms with van der Waals surface area (Å²) in [6.45, 7) is 2.15. The van der Waals surface area contributed by atoms with E-state index in [4.69, 9.17) is 0 Å². The normalized spacial score (nSPS) is 11.5. The van der Waals surface area contributed by atoms with Crippen LogP contribution in [-0.4, -0.2) is 0 Å². The van der Waals surface area contributed by atoms with Crippen LogP contribution in [0.2, 0.25) is 0 Å². The molecule has 0 fully saturated rings. The first kappa shape index (κ1) is 23.7. The molecule has 0 bridgehead atoms. The van der Waals surface area contributed by atoms with Crippen molar-refractivity contribution in [1.29, 1.82) is 0 Å². The van der Waals surface area contributed by atoms with Gasteiger partial charge in [-0.25, -0.2) is 0 Å². The third kappa shape index (κ3) is 4.00. The van der Waals surface area contributed by atoms with Crippen LogP contribution in [-0.2, 0) is 0 Å². The summed E-state index contributed by atoms with van der Waals surface area (Å²) in [6.07, 6.45) is 0. The van der Waals surface area contributed by atoms with Crippen LogP contribution >= 0.6 is 0 Å². The minimum Gasteiger partial charge on any atom is -0.0616 e. The van der Waals surface area contributed by atoms with E-state index in [-0.39, 0.29) is 0 Å². The fraction of sp³-hybridized carbons (Fsp3) is 0.0244. The Kier molecular flexibility index (Phi) is 5.47. The smallest absolute Gasteiger partial charge is 0.00262 e. The van der Waals surface area contributed by atoms with E-state index in [1.165, 1.54) is 82.0 Å². The second kappa shape index (κ2) is 9.47. The molecule has 0 aliphatic rings. The molecule has 0 heterocycles. The number of hydrogen-bond acceptors (Lipinski definition) is 0. The quantitative estimate of drug-likeness (QED) is 0.203. The number of aryl methyl sites for hydroxylation is 1. The predicted octanol–water partition coefficient (Wildman–Crippen LogP) is 11.6. The molecule has 0 atom stereocenters. The first-order valence-corrected chi connectivity index (χ1v) is 14.3. The van der Waals surface area contributed by atoms with Gasteiger partial charge in [0.25, 0.3) is 0 Å². The maximum atomic E-state index is 2.34. The summed E-state index contributed by atoms with van der Waals surface area (Å²) >= 11 is 0. The Bertz CT molecular complexity index is 2190. The van der Waals surface area contributed by atoms with Crippen molar-refractivity contribution in [1.82, 2.24) is 0 Å². The van der Waals surface area contributed by atoms with Gasteiger partial charge in [-0.05, 0) is 95.5 Å². The highest BCUT2D eigenvalue weighted by molar-refractivity contribution is 6.21. The Morgan fingerprint density at radius 1 is 0.293 bits per heavy atom. The van der Waals surface area contributed by atoms with Crippen LogP contribution in [0, 0.1) is 6.92 Å². The largest absolute Gasteiger partial charge is 0.0616 e. The van der Waals surface area contributed by atoms with Crippen LogP contribution in [0.25, 0.3) is 76.5 Å². The van der Waals surface area contributed by atoms with Gasteiger partial charge in [0.1, 0.15) is 0 Å². The van der Waals surface area contributed by atoms with E-state index < -0.39 is 0 Å². The molecule has 0 saturated heterocycles. The Morgan fingerprint density at radius 2 is 0.707 bits per heavy atom. The van der Waals surface area contributed by atoms with Gasteiger partial charge in [-0.3, -0.25) is 0 Å². The van der Waals surface area contributed by atoms with Crippen molar-refractivity contribution in [3.05, 3.63) is 157 Å². The fourth-order valence-electron chi connectivity index (χ4n) is 6.47. The van der Waals surface area contributed by atoms with Crippen molar-refractivity contribution in [2.75, 3.05) is 0 Å². The summed E-state index contributed by atoms with van der Waals surface area (Å²) in [5, 5.41) is 10.2. The molecule has 0 spiro atoms. The van der Waals surface area contributed by atoms with Crippen molar-refractivity contribution in [3.63, 3.8) is 0 Å². The fourth-order valence-corrected chi connectivity index (χ4v) is 6.47. The minimum atomic E-state index is 1.23. The topological polar surface area (TPSA) is 0 Å². The average molecular weight is 521 g/mol. The Hall–Kier alpha value is -5.20. The highest BCUT2D eigenvalue weighted by Crippen LogP contribution is 2.44. The van der Waals surface area contributed by atoms with Crippen molar-refractivity contribution >= 4 is 43.1 Å². The van der Waals surface area contributed by atoms with Gasteiger partial charge in [-0.15, -0.1) is 0 Å². The lowest BCUT2D eigenvalue weighted by Crippen LogP contribution is -1.91. The minimum absolute atomic E-state index is 1.23. The molecule has 0 saturated carbocycles. The molecule has 0 amide bonds. The Labute approximate surface area is 240 Å². The summed E-state index contributed by atoms with van der Waals surface area (Å²) in [5.74, 6) is 0. The molecule has 0 unspecified atom stereocenters. The molecule has 0 N–H and O–H groups in total. The SMILES string of the molecule is Cc1ccc2cc(-c3ccc(-c4c5ccccc5c(-c5ccc6ccccc6c5)c5ccccc45)cc3)ccc2c1. The zero-order chi connectivity index (χ0) is 27.3. The first-order chi connectivity index (χ1) is 20.2. The molecule has 0 nitrogen and oxygen atoms in total. The number of hydrogen-bond donors (Lipinski definition) is 0. The van der Waals surface area contributed by atoms with E-state index in [0.717, 1.165) is 0 Å². The monoisotopic (exact) mass is 520 g/mol. The van der Waals surface area contributed by atoms with Crippen LogP contribution < -0.4 is 0 Å². The summed E-state index contributed by atoms with van der Waals surface area (Å²) < 4.78 is 0. The highest BCUT2D eigenvalue weighted by Gasteiger charge is 2.16. The number of benzene rings is 8. The van der Waals surface area contributed by atoms with Crippen LogP contribution in [0.3, 0.4) is 0 Å². The average Bonchev–Trinajstić information content (AvgIpc) is 3.03. The zero-order valence-corrected chi connectivity index (χ0v) is 22.9. The Morgan fingerprint density at radius 3 is 1.39 bits per heavy atom. The summed E-state index contributed by atoms with van der Waals surface area (Å²) in [7, 11) is 0. The van der Waals surface area contributed by atoms with Gasteiger partial charge in [-0.2, -0.15) is 0 Å². The van der Waals surface area contributed by atoms with Crippen molar-refractivity contribution in [3.8, 4) is 33.4 Å². The van der Waals surface area contributed by atoms with Gasteiger partial charge in [0.15, 0.2) is 0 Å². The maximum absolute atomic E-state index is 2.34. The molecule has 0 heteroatoms. The van der Waals surface area contributed by atoms with Gasteiger partial charge in [-0.1, -0.05) is 145 Å². The highest BCUT2D eigenvalue weighted by atomic mass is 14.2. The molecule has 0 aromatic heterocycles. The van der Waals surface area contributed by atoms with Gasteiger partial charge in [0.2, 0.25) is 0 Å². The second-order valence-electron chi connectivity index (χ2n) is 11.0. The first-order valence-electron chi connectivity index (χ1n) is 14.3. The van der Waals surface area contributed by atoms with Gasteiger partial charge in [0, 0.05) is 0 Å². The molecule has 8 rings (SSSR count). The molecule has 0 aliphatic carbocycles.